The molecule has 29 heavy (non-hydrogen) atoms. The van der Waals surface area contributed by atoms with Crippen LogP contribution in [0.5, 0.6) is 34.5 Å². The first-order chi connectivity index (χ1) is 14.0. The highest BCUT2D eigenvalue weighted by Crippen LogP contribution is 2.50. The molecular formula is C20H18O9. The lowest BCUT2D eigenvalue weighted by atomic mass is 10.0. The molecule has 152 valence electrons. The fraction of sp³-hybridized carbons (Fsp3) is 0.250. The maximum Gasteiger partial charge on any atom is 0.336 e. The van der Waals surface area contributed by atoms with E-state index in [0.29, 0.717) is 16.7 Å². The maximum absolute atomic E-state index is 11.7. The Bertz CT molecular complexity index is 1130. The summed E-state index contributed by atoms with van der Waals surface area (Å²) in [4.78, 5) is 11.7. The summed E-state index contributed by atoms with van der Waals surface area (Å²) in [6, 6.07) is 7.20. The molecule has 2 unspecified atom stereocenters. The Morgan fingerprint density at radius 1 is 1.00 bits per heavy atom. The van der Waals surface area contributed by atoms with Gasteiger partial charge in [-0.05, 0) is 24.3 Å². The SMILES string of the molecule is COc1cc(C2Oc3c(c(OC)cc4ccc(=O)oc34)OC2CO)cc(O)c1O. The highest BCUT2D eigenvalue weighted by Gasteiger charge is 2.37. The molecule has 0 fully saturated rings. The van der Waals surface area contributed by atoms with Gasteiger partial charge in [-0.25, -0.2) is 4.79 Å². The third kappa shape index (κ3) is 3.05. The first-order valence-corrected chi connectivity index (χ1v) is 8.65. The number of methoxy groups -OCH3 is 2. The first kappa shape index (κ1) is 18.8. The second kappa shape index (κ2) is 7.10. The van der Waals surface area contributed by atoms with Crippen LogP contribution < -0.4 is 24.6 Å². The van der Waals surface area contributed by atoms with Crippen molar-refractivity contribution in [3.8, 4) is 34.5 Å². The molecule has 0 spiro atoms. The average molecular weight is 402 g/mol. The van der Waals surface area contributed by atoms with Crippen molar-refractivity contribution in [3.63, 3.8) is 0 Å². The van der Waals surface area contributed by atoms with E-state index in [2.05, 4.69) is 0 Å². The van der Waals surface area contributed by atoms with E-state index in [-0.39, 0.29) is 22.8 Å². The van der Waals surface area contributed by atoms with Crippen molar-refractivity contribution in [3.05, 3.63) is 46.3 Å². The molecule has 1 aliphatic heterocycles. The summed E-state index contributed by atoms with van der Waals surface area (Å²) in [6.07, 6.45) is -1.79. The summed E-state index contributed by atoms with van der Waals surface area (Å²) >= 11 is 0. The Balaban J connectivity index is 1.91. The molecule has 2 aromatic carbocycles. The molecule has 1 aromatic heterocycles. The molecule has 2 heterocycles. The normalized spacial score (nSPS) is 17.9. The van der Waals surface area contributed by atoms with Crippen molar-refractivity contribution in [1.82, 2.24) is 0 Å². The standard InChI is InChI=1S/C20H18O9/c1-25-12-7-10(5-11(22)16(12)24)17-14(8-21)27-19-13(26-2)6-9-3-4-15(23)28-18(9)20(19)29-17/h3-7,14,17,21-22,24H,8H2,1-2H3. The monoisotopic (exact) mass is 402 g/mol. The van der Waals surface area contributed by atoms with Crippen LogP contribution in [-0.2, 0) is 0 Å². The van der Waals surface area contributed by atoms with E-state index in [1.54, 1.807) is 12.1 Å². The number of ether oxygens (including phenoxy) is 4. The predicted octanol–water partition coefficient (Wildman–Crippen LogP) is 2.09. The molecule has 0 radical (unpaired) electrons. The van der Waals surface area contributed by atoms with Crippen LogP contribution in [-0.4, -0.2) is 42.3 Å². The third-order valence-electron chi connectivity index (χ3n) is 4.66. The lowest BCUT2D eigenvalue weighted by Crippen LogP contribution is -2.36. The predicted molar refractivity (Wildman–Crippen MR) is 100 cm³/mol. The second-order valence-electron chi connectivity index (χ2n) is 6.38. The quantitative estimate of drug-likeness (QED) is 0.444. The zero-order valence-electron chi connectivity index (χ0n) is 15.5. The van der Waals surface area contributed by atoms with E-state index in [9.17, 15) is 20.1 Å². The van der Waals surface area contributed by atoms with E-state index in [0.717, 1.165) is 0 Å². The van der Waals surface area contributed by atoms with Gasteiger partial charge in [0.1, 0.15) is 0 Å². The molecule has 2 atom stereocenters. The molecule has 0 aliphatic carbocycles. The van der Waals surface area contributed by atoms with Gasteiger partial charge >= 0.3 is 5.63 Å². The molecule has 0 saturated heterocycles. The number of hydrogen-bond donors (Lipinski definition) is 3. The topological polar surface area (TPSA) is 128 Å². The van der Waals surface area contributed by atoms with Crippen LogP contribution in [0.25, 0.3) is 11.0 Å². The number of phenolic OH excluding ortho intramolecular Hbond substituents is 2. The molecule has 9 nitrogen and oxygen atoms in total. The van der Waals surface area contributed by atoms with Crippen molar-refractivity contribution in [2.75, 3.05) is 20.8 Å². The van der Waals surface area contributed by atoms with E-state index in [4.69, 9.17) is 23.4 Å². The van der Waals surface area contributed by atoms with Crippen molar-refractivity contribution in [2.45, 2.75) is 12.2 Å². The number of benzene rings is 2. The number of phenols is 2. The summed E-state index contributed by atoms with van der Waals surface area (Å²) in [5.74, 6) is -0.185. The van der Waals surface area contributed by atoms with Gasteiger partial charge in [0.25, 0.3) is 0 Å². The van der Waals surface area contributed by atoms with Crippen LogP contribution in [0.4, 0.5) is 0 Å². The van der Waals surface area contributed by atoms with Gasteiger partial charge in [-0.1, -0.05) is 0 Å². The highest BCUT2D eigenvalue weighted by atomic mass is 16.6. The fourth-order valence-corrected chi connectivity index (χ4v) is 3.28. The molecule has 3 N–H and O–H groups in total. The number of aromatic hydroxyl groups is 2. The largest absolute Gasteiger partial charge is 0.504 e. The Morgan fingerprint density at radius 2 is 1.76 bits per heavy atom. The Hall–Kier alpha value is -3.59. The van der Waals surface area contributed by atoms with Gasteiger partial charge in [0.05, 0.1) is 20.8 Å². The molecule has 0 amide bonds. The Labute approximate surface area is 164 Å². The summed E-state index contributed by atoms with van der Waals surface area (Å²) in [7, 11) is 2.79. The molecular weight excluding hydrogens is 384 g/mol. The highest BCUT2D eigenvalue weighted by molar-refractivity contribution is 5.88. The van der Waals surface area contributed by atoms with E-state index in [1.165, 1.54) is 32.4 Å². The van der Waals surface area contributed by atoms with Gasteiger partial charge < -0.3 is 38.7 Å². The average Bonchev–Trinajstić information content (AvgIpc) is 2.74. The fourth-order valence-electron chi connectivity index (χ4n) is 3.28. The van der Waals surface area contributed by atoms with Gasteiger partial charge in [0.15, 0.2) is 35.0 Å². The number of rotatable bonds is 4. The van der Waals surface area contributed by atoms with Gasteiger partial charge in [-0.3, -0.25) is 0 Å². The first-order valence-electron chi connectivity index (χ1n) is 8.65. The Morgan fingerprint density at radius 3 is 2.45 bits per heavy atom. The van der Waals surface area contributed by atoms with E-state index in [1.807, 2.05) is 0 Å². The molecule has 0 bridgehead atoms. The third-order valence-corrected chi connectivity index (χ3v) is 4.66. The number of aliphatic hydroxyl groups is 1. The molecule has 4 rings (SSSR count). The van der Waals surface area contributed by atoms with Gasteiger partial charge in [0.2, 0.25) is 17.2 Å². The minimum absolute atomic E-state index is 0.0214. The van der Waals surface area contributed by atoms with Crippen LogP contribution in [0.3, 0.4) is 0 Å². The van der Waals surface area contributed by atoms with Crippen molar-refractivity contribution in [2.24, 2.45) is 0 Å². The molecule has 0 saturated carbocycles. The van der Waals surface area contributed by atoms with Crippen molar-refractivity contribution >= 4 is 11.0 Å². The molecule has 1 aliphatic rings. The molecule has 9 heteroatoms. The summed E-state index contributed by atoms with van der Waals surface area (Å²) < 4.78 is 27.7. The summed E-state index contributed by atoms with van der Waals surface area (Å²) in [5.41, 5.74) is -0.0426. The zero-order chi connectivity index (χ0) is 20.7. The van der Waals surface area contributed by atoms with Crippen LogP contribution >= 0.6 is 0 Å². The van der Waals surface area contributed by atoms with Crippen molar-refractivity contribution < 1.29 is 38.7 Å². The van der Waals surface area contributed by atoms with Crippen LogP contribution in [0.15, 0.2) is 39.5 Å². The van der Waals surface area contributed by atoms with Gasteiger partial charge in [-0.15, -0.1) is 0 Å². The maximum atomic E-state index is 11.7. The number of fused-ring (bicyclic) bond motifs is 3. The van der Waals surface area contributed by atoms with Gasteiger partial charge in [0, 0.05) is 17.0 Å². The van der Waals surface area contributed by atoms with E-state index >= 15 is 0 Å². The van der Waals surface area contributed by atoms with Gasteiger partial charge in [-0.2, -0.15) is 0 Å². The smallest absolute Gasteiger partial charge is 0.336 e. The number of aliphatic hydroxyl groups excluding tert-OH is 1. The van der Waals surface area contributed by atoms with Crippen LogP contribution in [0.2, 0.25) is 0 Å². The minimum atomic E-state index is -0.909. The van der Waals surface area contributed by atoms with Crippen LogP contribution in [0, 0.1) is 0 Å². The van der Waals surface area contributed by atoms with E-state index < -0.39 is 35.9 Å². The lowest BCUT2D eigenvalue weighted by molar-refractivity contribution is -0.0137. The Kier molecular flexibility index (Phi) is 4.59. The second-order valence-corrected chi connectivity index (χ2v) is 6.38. The summed E-state index contributed by atoms with van der Waals surface area (Å²) in [6.45, 7) is -0.423. The zero-order valence-corrected chi connectivity index (χ0v) is 15.5. The number of hydrogen-bond acceptors (Lipinski definition) is 9. The molecule has 3 aromatic rings. The summed E-state index contributed by atoms with van der Waals surface area (Å²) in [5, 5.41) is 30.3. The van der Waals surface area contributed by atoms with Crippen molar-refractivity contribution in [1.29, 1.82) is 0 Å². The van der Waals surface area contributed by atoms with Crippen LogP contribution in [0.1, 0.15) is 11.7 Å². The lowest BCUT2D eigenvalue weighted by Gasteiger charge is -2.34. The minimum Gasteiger partial charge on any atom is -0.504 e.